The maximum atomic E-state index is 12.8. The molecule has 0 aliphatic carbocycles. The average Bonchev–Trinajstić information content (AvgIpc) is 3.08. The number of rotatable bonds is 5. The van der Waals surface area contributed by atoms with Gasteiger partial charge in [0.05, 0.1) is 18.2 Å². The standard InChI is InChI=1S/C19H14BrF3N2O2S/c1-27-13-5-6-16(20)15(9-13)17(26)25-18-24-10-14(28-18)8-11-3-2-4-12(7-11)19(21,22)23/h2-7,9-10H,8H2,1H3,(H,24,25,26). The van der Waals surface area contributed by atoms with Gasteiger partial charge in [0, 0.05) is 22.0 Å². The predicted octanol–water partition coefficient (Wildman–Crippen LogP) is 5.78. The molecule has 0 unspecified atom stereocenters. The van der Waals surface area contributed by atoms with Crippen molar-refractivity contribution in [3.8, 4) is 5.75 Å². The zero-order valence-corrected chi connectivity index (χ0v) is 16.9. The Morgan fingerprint density at radius 1 is 1.25 bits per heavy atom. The fourth-order valence-electron chi connectivity index (χ4n) is 2.48. The highest BCUT2D eigenvalue weighted by atomic mass is 79.9. The fraction of sp³-hybridized carbons (Fsp3) is 0.158. The first kappa shape index (κ1) is 20.3. The summed E-state index contributed by atoms with van der Waals surface area (Å²) in [6.45, 7) is 0. The first-order valence-corrected chi connectivity index (χ1v) is 9.63. The number of benzene rings is 2. The molecule has 2 aromatic carbocycles. The van der Waals surface area contributed by atoms with Crippen molar-refractivity contribution in [1.82, 2.24) is 4.98 Å². The molecule has 0 bridgehead atoms. The number of carbonyl (C=O) groups is 1. The van der Waals surface area contributed by atoms with Crippen molar-refractivity contribution in [2.75, 3.05) is 12.4 Å². The molecule has 0 fully saturated rings. The van der Waals surface area contributed by atoms with Crippen LogP contribution in [0, 0.1) is 0 Å². The van der Waals surface area contributed by atoms with Crippen LogP contribution in [0.5, 0.6) is 5.75 Å². The summed E-state index contributed by atoms with van der Waals surface area (Å²) in [4.78, 5) is 17.3. The Morgan fingerprint density at radius 3 is 2.75 bits per heavy atom. The molecule has 0 aliphatic rings. The van der Waals surface area contributed by atoms with Crippen molar-refractivity contribution < 1.29 is 22.7 Å². The Kier molecular flexibility index (Phi) is 6.04. The van der Waals surface area contributed by atoms with Crippen LogP contribution in [-0.4, -0.2) is 18.0 Å². The van der Waals surface area contributed by atoms with Gasteiger partial charge in [0.1, 0.15) is 5.75 Å². The van der Waals surface area contributed by atoms with Gasteiger partial charge in [-0.05, 0) is 45.8 Å². The van der Waals surface area contributed by atoms with Gasteiger partial charge in [0.15, 0.2) is 5.13 Å². The van der Waals surface area contributed by atoms with Gasteiger partial charge in [0.2, 0.25) is 0 Å². The molecule has 1 heterocycles. The summed E-state index contributed by atoms with van der Waals surface area (Å²) in [5, 5.41) is 3.06. The second-order valence-electron chi connectivity index (χ2n) is 5.81. The Morgan fingerprint density at radius 2 is 2.04 bits per heavy atom. The molecule has 0 saturated carbocycles. The van der Waals surface area contributed by atoms with Crippen molar-refractivity contribution in [2.45, 2.75) is 12.6 Å². The maximum Gasteiger partial charge on any atom is 0.416 e. The lowest BCUT2D eigenvalue weighted by Crippen LogP contribution is -2.12. The molecule has 0 atom stereocenters. The van der Waals surface area contributed by atoms with E-state index in [0.29, 0.717) is 32.9 Å². The van der Waals surface area contributed by atoms with Crippen molar-refractivity contribution in [3.05, 3.63) is 74.7 Å². The van der Waals surface area contributed by atoms with E-state index in [4.69, 9.17) is 4.74 Å². The van der Waals surface area contributed by atoms with E-state index in [1.54, 1.807) is 30.5 Å². The Bertz CT molecular complexity index is 1000. The number of hydrogen-bond acceptors (Lipinski definition) is 4. The van der Waals surface area contributed by atoms with Gasteiger partial charge in [-0.3, -0.25) is 10.1 Å². The van der Waals surface area contributed by atoms with Crippen LogP contribution < -0.4 is 10.1 Å². The molecule has 146 valence electrons. The minimum Gasteiger partial charge on any atom is -0.497 e. The highest BCUT2D eigenvalue weighted by molar-refractivity contribution is 9.10. The van der Waals surface area contributed by atoms with Crippen molar-refractivity contribution >= 4 is 38.3 Å². The second-order valence-corrected chi connectivity index (χ2v) is 7.78. The van der Waals surface area contributed by atoms with Crippen LogP contribution in [0.3, 0.4) is 0 Å². The molecule has 3 rings (SSSR count). The number of alkyl halides is 3. The van der Waals surface area contributed by atoms with Crippen LogP contribution in [0.2, 0.25) is 0 Å². The Hall–Kier alpha value is -2.39. The summed E-state index contributed by atoms with van der Waals surface area (Å²) in [5.74, 6) is 0.170. The highest BCUT2D eigenvalue weighted by Crippen LogP contribution is 2.31. The number of methoxy groups -OCH3 is 1. The molecule has 1 aromatic heterocycles. The molecule has 28 heavy (non-hydrogen) atoms. The van der Waals surface area contributed by atoms with E-state index >= 15 is 0 Å². The van der Waals surface area contributed by atoms with Gasteiger partial charge in [-0.25, -0.2) is 4.98 Å². The van der Waals surface area contributed by atoms with Gasteiger partial charge < -0.3 is 4.74 Å². The molecular formula is C19H14BrF3N2O2S. The smallest absolute Gasteiger partial charge is 0.416 e. The molecule has 0 aliphatic heterocycles. The summed E-state index contributed by atoms with van der Waals surface area (Å²) in [6.07, 6.45) is -2.55. The normalized spacial score (nSPS) is 11.3. The molecular weight excluding hydrogens is 457 g/mol. The van der Waals surface area contributed by atoms with Crippen LogP contribution in [0.4, 0.5) is 18.3 Å². The van der Waals surface area contributed by atoms with Crippen LogP contribution in [0.15, 0.2) is 53.1 Å². The quantitative estimate of drug-likeness (QED) is 0.514. The van der Waals surface area contributed by atoms with Gasteiger partial charge >= 0.3 is 6.18 Å². The van der Waals surface area contributed by atoms with E-state index < -0.39 is 11.7 Å². The van der Waals surface area contributed by atoms with Gasteiger partial charge in [-0.15, -0.1) is 11.3 Å². The summed E-state index contributed by atoms with van der Waals surface area (Å²) in [7, 11) is 1.51. The first-order chi connectivity index (χ1) is 13.3. The van der Waals surface area contributed by atoms with E-state index in [2.05, 4.69) is 26.2 Å². The number of ether oxygens (including phenoxy) is 1. The summed E-state index contributed by atoms with van der Waals surface area (Å²) in [5.41, 5.74) is 0.215. The summed E-state index contributed by atoms with van der Waals surface area (Å²) < 4.78 is 44.2. The molecule has 0 radical (unpaired) electrons. The third-order valence-corrected chi connectivity index (χ3v) is 5.43. The van der Waals surface area contributed by atoms with Crippen LogP contribution in [0.1, 0.15) is 26.4 Å². The zero-order chi connectivity index (χ0) is 20.3. The molecule has 1 N–H and O–H groups in total. The van der Waals surface area contributed by atoms with E-state index in [9.17, 15) is 18.0 Å². The Labute approximate surface area is 171 Å². The molecule has 1 amide bonds. The largest absolute Gasteiger partial charge is 0.497 e. The van der Waals surface area contributed by atoms with Crippen molar-refractivity contribution in [2.24, 2.45) is 0 Å². The van der Waals surface area contributed by atoms with Crippen molar-refractivity contribution in [1.29, 1.82) is 0 Å². The third-order valence-electron chi connectivity index (χ3n) is 3.82. The molecule has 9 heteroatoms. The topological polar surface area (TPSA) is 51.2 Å². The van der Waals surface area contributed by atoms with Crippen LogP contribution in [0.25, 0.3) is 0 Å². The number of carbonyl (C=O) groups excluding carboxylic acids is 1. The SMILES string of the molecule is COc1ccc(Br)c(C(=O)Nc2ncc(Cc3cccc(C(F)(F)F)c3)s2)c1. The lowest BCUT2D eigenvalue weighted by Gasteiger charge is -2.08. The summed E-state index contributed by atoms with van der Waals surface area (Å²) in [6, 6.07) is 10.2. The Balaban J connectivity index is 1.72. The molecule has 4 nitrogen and oxygen atoms in total. The number of aromatic nitrogens is 1. The summed E-state index contributed by atoms with van der Waals surface area (Å²) >= 11 is 4.53. The van der Waals surface area contributed by atoms with Gasteiger partial charge in [-0.1, -0.05) is 18.2 Å². The molecule has 0 saturated heterocycles. The van der Waals surface area contributed by atoms with E-state index in [1.165, 1.54) is 24.5 Å². The van der Waals surface area contributed by atoms with E-state index in [0.717, 1.165) is 17.0 Å². The number of thiazole rings is 1. The second kappa shape index (κ2) is 8.32. The minimum atomic E-state index is -4.38. The monoisotopic (exact) mass is 470 g/mol. The average molecular weight is 471 g/mol. The van der Waals surface area contributed by atoms with Gasteiger partial charge in [-0.2, -0.15) is 13.2 Å². The maximum absolute atomic E-state index is 12.8. The van der Waals surface area contributed by atoms with Crippen molar-refractivity contribution in [3.63, 3.8) is 0 Å². The molecule has 0 spiro atoms. The van der Waals surface area contributed by atoms with E-state index in [1.807, 2.05) is 0 Å². The highest BCUT2D eigenvalue weighted by Gasteiger charge is 2.30. The van der Waals surface area contributed by atoms with Crippen LogP contribution in [-0.2, 0) is 12.6 Å². The van der Waals surface area contributed by atoms with Gasteiger partial charge in [0.25, 0.3) is 5.91 Å². The number of amides is 1. The first-order valence-electron chi connectivity index (χ1n) is 8.02. The lowest BCUT2D eigenvalue weighted by atomic mass is 10.1. The minimum absolute atomic E-state index is 0.292. The van der Waals surface area contributed by atoms with Crippen LogP contribution >= 0.6 is 27.3 Å². The number of hydrogen-bond donors (Lipinski definition) is 1. The fourth-order valence-corrected chi connectivity index (χ4v) is 3.74. The number of nitrogens with one attached hydrogen (secondary N) is 1. The van der Waals surface area contributed by atoms with E-state index in [-0.39, 0.29) is 5.91 Å². The zero-order valence-electron chi connectivity index (χ0n) is 14.5. The lowest BCUT2D eigenvalue weighted by molar-refractivity contribution is -0.137. The molecule has 3 aromatic rings. The third kappa shape index (κ3) is 4.90. The number of halogens is 4. The predicted molar refractivity (Wildman–Crippen MR) is 105 cm³/mol. The number of nitrogens with zero attached hydrogens (tertiary/aromatic N) is 1. The number of anilines is 1.